The summed E-state index contributed by atoms with van der Waals surface area (Å²) in [7, 11) is 3.10. The van der Waals surface area contributed by atoms with Crippen molar-refractivity contribution in [1.29, 1.82) is 0 Å². The number of alkyl halides is 2. The maximum atomic E-state index is 13.7. The second kappa shape index (κ2) is 10.4. The molecule has 0 amide bonds. The molecule has 0 aliphatic carbocycles. The Kier molecular flexibility index (Phi) is 7.94. The molecule has 0 aliphatic rings. The Bertz CT molecular complexity index is 770. The number of guanidine groups is 1. The fourth-order valence-electron chi connectivity index (χ4n) is 2.45. The Morgan fingerprint density at radius 1 is 1.07 bits per heavy atom. The molecule has 146 valence electrons. The summed E-state index contributed by atoms with van der Waals surface area (Å²) in [5.74, 6) is 0.261. The molecule has 0 saturated heterocycles. The molecule has 0 radical (unpaired) electrons. The number of rotatable bonds is 8. The summed E-state index contributed by atoms with van der Waals surface area (Å²) in [6, 6.07) is 11.3. The van der Waals surface area contributed by atoms with Gasteiger partial charge in [0.05, 0.1) is 6.61 Å². The van der Waals surface area contributed by atoms with Gasteiger partial charge in [0.2, 0.25) is 0 Å². The quantitative estimate of drug-likeness (QED) is 0.543. The number of ether oxygens (including phenoxy) is 2. The lowest BCUT2D eigenvalue weighted by Crippen LogP contribution is -2.36. The first-order valence-corrected chi connectivity index (χ1v) is 8.27. The van der Waals surface area contributed by atoms with Crippen LogP contribution in [-0.2, 0) is 24.4 Å². The van der Waals surface area contributed by atoms with E-state index in [4.69, 9.17) is 4.74 Å². The fraction of sp³-hybridized carbons (Fsp3) is 0.316. The molecule has 5 nitrogen and oxygen atoms in total. The zero-order chi connectivity index (χ0) is 19.6. The first kappa shape index (κ1) is 20.6. The van der Waals surface area contributed by atoms with E-state index in [2.05, 4.69) is 20.4 Å². The Morgan fingerprint density at radius 2 is 1.81 bits per heavy atom. The van der Waals surface area contributed by atoms with Gasteiger partial charge in [-0.1, -0.05) is 24.3 Å². The molecule has 0 bridgehead atoms. The smallest absolute Gasteiger partial charge is 0.387 e. The first-order chi connectivity index (χ1) is 13.0. The SMILES string of the molecule is CN=C(NCc1ccc(F)c(COC)c1)NCc1ccccc1OC(F)F. The molecule has 0 fully saturated rings. The Labute approximate surface area is 156 Å². The fourth-order valence-corrected chi connectivity index (χ4v) is 2.45. The van der Waals surface area contributed by atoms with Crippen LogP contribution in [0.5, 0.6) is 5.75 Å². The molecule has 0 saturated carbocycles. The number of nitrogens with one attached hydrogen (secondary N) is 2. The molecule has 0 unspecified atom stereocenters. The van der Waals surface area contributed by atoms with E-state index >= 15 is 0 Å². The molecule has 0 atom stereocenters. The van der Waals surface area contributed by atoms with Gasteiger partial charge < -0.3 is 20.1 Å². The van der Waals surface area contributed by atoms with Crippen molar-refractivity contribution in [2.45, 2.75) is 26.3 Å². The number of nitrogens with zero attached hydrogens (tertiary/aromatic N) is 1. The molecule has 2 aromatic carbocycles. The molecule has 2 N–H and O–H groups in total. The van der Waals surface area contributed by atoms with Gasteiger partial charge in [-0.25, -0.2) is 4.39 Å². The summed E-state index contributed by atoms with van der Waals surface area (Å²) in [4.78, 5) is 4.09. The third kappa shape index (κ3) is 6.49. The van der Waals surface area contributed by atoms with Crippen LogP contribution in [0.2, 0.25) is 0 Å². The third-order valence-electron chi connectivity index (χ3n) is 3.73. The molecule has 0 aromatic heterocycles. The average molecular weight is 381 g/mol. The lowest BCUT2D eigenvalue weighted by Gasteiger charge is -2.15. The van der Waals surface area contributed by atoms with Crippen LogP contribution < -0.4 is 15.4 Å². The van der Waals surface area contributed by atoms with Gasteiger partial charge in [-0.05, 0) is 23.8 Å². The van der Waals surface area contributed by atoms with Gasteiger partial charge in [0.25, 0.3) is 0 Å². The van der Waals surface area contributed by atoms with Gasteiger partial charge in [0, 0.05) is 38.4 Å². The van der Waals surface area contributed by atoms with Gasteiger partial charge in [-0.15, -0.1) is 0 Å². The van der Waals surface area contributed by atoms with Crippen LogP contribution in [-0.4, -0.2) is 26.7 Å². The van der Waals surface area contributed by atoms with Crippen molar-refractivity contribution in [3.05, 3.63) is 65.0 Å². The molecule has 0 aliphatic heterocycles. The first-order valence-electron chi connectivity index (χ1n) is 8.27. The van der Waals surface area contributed by atoms with Crippen LogP contribution in [0.25, 0.3) is 0 Å². The van der Waals surface area contributed by atoms with Crippen molar-refractivity contribution in [3.63, 3.8) is 0 Å². The van der Waals surface area contributed by atoms with Crippen LogP contribution in [0.3, 0.4) is 0 Å². The zero-order valence-corrected chi connectivity index (χ0v) is 15.1. The van der Waals surface area contributed by atoms with Gasteiger partial charge in [0.1, 0.15) is 11.6 Å². The van der Waals surface area contributed by atoms with Crippen molar-refractivity contribution in [1.82, 2.24) is 10.6 Å². The lowest BCUT2D eigenvalue weighted by molar-refractivity contribution is -0.0504. The Hall–Kier alpha value is -2.74. The summed E-state index contributed by atoms with van der Waals surface area (Å²) >= 11 is 0. The van der Waals surface area contributed by atoms with E-state index in [1.54, 1.807) is 37.4 Å². The molecule has 2 rings (SSSR count). The minimum absolute atomic E-state index is 0.109. The van der Waals surface area contributed by atoms with Crippen LogP contribution in [0.15, 0.2) is 47.5 Å². The summed E-state index contributed by atoms with van der Waals surface area (Å²) in [5.41, 5.74) is 1.90. The molecule has 0 spiro atoms. The Balaban J connectivity index is 1.95. The third-order valence-corrected chi connectivity index (χ3v) is 3.73. The van der Waals surface area contributed by atoms with Gasteiger partial charge >= 0.3 is 6.61 Å². The second-order valence-electron chi connectivity index (χ2n) is 5.62. The highest BCUT2D eigenvalue weighted by Gasteiger charge is 2.10. The summed E-state index contributed by atoms with van der Waals surface area (Å²) in [6.45, 7) is -2.04. The van der Waals surface area contributed by atoms with Crippen molar-refractivity contribution in [2.75, 3.05) is 14.2 Å². The summed E-state index contributed by atoms with van der Waals surface area (Å²) in [6.07, 6.45) is 0. The Morgan fingerprint density at radius 3 is 2.52 bits per heavy atom. The van der Waals surface area contributed by atoms with E-state index in [1.807, 2.05) is 0 Å². The van der Waals surface area contributed by atoms with Crippen molar-refractivity contribution < 1.29 is 22.6 Å². The highest BCUT2D eigenvalue weighted by molar-refractivity contribution is 5.79. The molecular weight excluding hydrogens is 359 g/mol. The number of methoxy groups -OCH3 is 1. The maximum Gasteiger partial charge on any atom is 0.387 e. The van der Waals surface area contributed by atoms with Crippen molar-refractivity contribution >= 4 is 5.96 Å². The monoisotopic (exact) mass is 381 g/mol. The highest BCUT2D eigenvalue weighted by atomic mass is 19.3. The number of benzene rings is 2. The van der Waals surface area contributed by atoms with E-state index in [-0.39, 0.29) is 24.7 Å². The second-order valence-corrected chi connectivity index (χ2v) is 5.62. The predicted octanol–water partition coefficient (Wildman–Crippen LogP) is 3.44. The predicted molar refractivity (Wildman–Crippen MR) is 97.2 cm³/mol. The lowest BCUT2D eigenvalue weighted by atomic mass is 10.1. The summed E-state index contributed by atoms with van der Waals surface area (Å²) < 4.78 is 48.1. The van der Waals surface area contributed by atoms with E-state index in [9.17, 15) is 13.2 Å². The molecule has 2 aromatic rings. The minimum atomic E-state index is -2.89. The highest BCUT2D eigenvalue weighted by Crippen LogP contribution is 2.20. The number of hydrogen-bond donors (Lipinski definition) is 2. The number of para-hydroxylation sites is 1. The van der Waals surface area contributed by atoms with Crippen molar-refractivity contribution in [3.8, 4) is 5.75 Å². The van der Waals surface area contributed by atoms with Crippen LogP contribution in [0, 0.1) is 5.82 Å². The van der Waals surface area contributed by atoms with Gasteiger partial charge in [-0.3, -0.25) is 4.99 Å². The van der Waals surface area contributed by atoms with E-state index < -0.39 is 6.61 Å². The molecular formula is C19H22F3N3O2. The standard InChI is InChI=1S/C19H22F3N3O2/c1-23-19(24-10-13-7-8-16(20)15(9-13)12-26-2)25-11-14-5-3-4-6-17(14)27-18(21)22/h3-9,18H,10-12H2,1-2H3,(H2,23,24,25). The van der Waals surface area contributed by atoms with E-state index in [0.717, 1.165) is 5.56 Å². The van der Waals surface area contributed by atoms with Gasteiger partial charge in [0.15, 0.2) is 5.96 Å². The zero-order valence-electron chi connectivity index (χ0n) is 15.1. The number of aliphatic imine (C=N–C) groups is 1. The summed E-state index contributed by atoms with van der Waals surface area (Å²) in [5, 5.41) is 6.13. The molecule has 27 heavy (non-hydrogen) atoms. The molecule has 8 heteroatoms. The largest absolute Gasteiger partial charge is 0.434 e. The number of hydrogen-bond acceptors (Lipinski definition) is 3. The molecule has 0 heterocycles. The maximum absolute atomic E-state index is 13.7. The topological polar surface area (TPSA) is 54.9 Å². The van der Waals surface area contributed by atoms with Crippen molar-refractivity contribution in [2.24, 2.45) is 4.99 Å². The van der Waals surface area contributed by atoms with Crippen LogP contribution >= 0.6 is 0 Å². The van der Waals surface area contributed by atoms with Gasteiger partial charge in [-0.2, -0.15) is 8.78 Å². The normalized spacial score (nSPS) is 11.6. The minimum Gasteiger partial charge on any atom is -0.434 e. The average Bonchev–Trinajstić information content (AvgIpc) is 2.65. The number of halogens is 3. The van der Waals surface area contributed by atoms with E-state index in [1.165, 1.54) is 19.2 Å². The van der Waals surface area contributed by atoms with E-state index in [0.29, 0.717) is 23.6 Å². The van der Waals surface area contributed by atoms with Crippen LogP contribution in [0.1, 0.15) is 16.7 Å². The van der Waals surface area contributed by atoms with Crippen LogP contribution in [0.4, 0.5) is 13.2 Å².